The first-order valence-corrected chi connectivity index (χ1v) is 4.61. The van der Waals surface area contributed by atoms with Crippen molar-refractivity contribution in [1.82, 2.24) is 20.4 Å². The predicted octanol–water partition coefficient (Wildman–Crippen LogP) is 0.684. The summed E-state index contributed by atoms with van der Waals surface area (Å²) in [7, 11) is 0. The van der Waals surface area contributed by atoms with Crippen molar-refractivity contribution in [3.63, 3.8) is 0 Å². The zero-order valence-electron chi connectivity index (χ0n) is 7.48. The lowest BCUT2D eigenvalue weighted by Gasteiger charge is -2.26. The van der Waals surface area contributed by atoms with E-state index in [1.165, 1.54) is 19.3 Å². The summed E-state index contributed by atoms with van der Waals surface area (Å²) in [5.74, 6) is 0.775. The van der Waals surface area contributed by atoms with E-state index >= 15 is 0 Å². The van der Waals surface area contributed by atoms with Gasteiger partial charge in [0, 0.05) is 19.2 Å². The van der Waals surface area contributed by atoms with Gasteiger partial charge >= 0.3 is 0 Å². The Bertz CT molecular complexity index is 244. The first-order valence-electron chi connectivity index (χ1n) is 4.61. The highest BCUT2D eigenvalue weighted by Crippen LogP contribution is 2.09. The number of hydrogen-bond donors (Lipinski definition) is 1. The second kappa shape index (κ2) is 4.13. The Kier molecular flexibility index (Phi) is 2.66. The summed E-state index contributed by atoms with van der Waals surface area (Å²) in [5, 5.41) is 13.2. The third-order valence-corrected chi connectivity index (χ3v) is 2.13. The maximum atomic E-state index is 3.86. The molecule has 70 valence electrons. The Morgan fingerprint density at radius 2 is 2.08 bits per heavy atom. The lowest BCUT2D eigenvalue weighted by Crippen LogP contribution is -2.35. The van der Waals surface area contributed by atoms with Crippen LogP contribution in [0.2, 0.25) is 0 Å². The molecule has 0 unspecified atom stereocenters. The van der Waals surface area contributed by atoms with Crippen molar-refractivity contribution in [1.29, 1.82) is 0 Å². The molecule has 0 amide bonds. The second-order valence-electron chi connectivity index (χ2n) is 3.17. The minimum absolute atomic E-state index is 0.775. The van der Waals surface area contributed by atoms with E-state index in [1.807, 2.05) is 6.07 Å². The van der Waals surface area contributed by atoms with Crippen LogP contribution in [0.3, 0.4) is 0 Å². The third-order valence-electron chi connectivity index (χ3n) is 2.13. The molecule has 0 spiro atoms. The quantitative estimate of drug-likeness (QED) is 0.723. The van der Waals surface area contributed by atoms with E-state index in [0.717, 1.165) is 18.9 Å². The molecule has 1 saturated heterocycles. The van der Waals surface area contributed by atoms with Gasteiger partial charge in [0.25, 0.3) is 0 Å². The molecule has 0 aliphatic carbocycles. The van der Waals surface area contributed by atoms with Crippen molar-refractivity contribution in [3.8, 4) is 0 Å². The highest BCUT2D eigenvalue weighted by atomic mass is 15.5. The van der Waals surface area contributed by atoms with Gasteiger partial charge in [-0.15, -0.1) is 10.2 Å². The molecule has 2 rings (SSSR count). The molecule has 0 saturated carbocycles. The Balaban J connectivity index is 1.90. The van der Waals surface area contributed by atoms with Crippen LogP contribution in [0.15, 0.2) is 12.3 Å². The average Bonchev–Trinajstić information content (AvgIpc) is 2.21. The Morgan fingerprint density at radius 1 is 1.23 bits per heavy atom. The van der Waals surface area contributed by atoms with Gasteiger partial charge in [-0.25, -0.2) is 5.01 Å². The van der Waals surface area contributed by atoms with Crippen molar-refractivity contribution in [2.75, 3.05) is 18.5 Å². The molecule has 1 N–H and O–H groups in total. The lowest BCUT2D eigenvalue weighted by molar-refractivity contribution is 0.272. The Hall–Kier alpha value is -1.23. The van der Waals surface area contributed by atoms with Gasteiger partial charge in [0.05, 0.1) is 6.20 Å². The SMILES string of the molecule is c1cc(NN2CCCCC2)nnn1. The van der Waals surface area contributed by atoms with Gasteiger partial charge in [-0.05, 0) is 18.1 Å². The largest absolute Gasteiger partial charge is 0.302 e. The third kappa shape index (κ3) is 2.35. The van der Waals surface area contributed by atoms with Crippen molar-refractivity contribution in [3.05, 3.63) is 12.3 Å². The normalized spacial score (nSPS) is 18.5. The van der Waals surface area contributed by atoms with E-state index in [1.54, 1.807) is 6.20 Å². The molecule has 5 nitrogen and oxygen atoms in total. The average molecular weight is 179 g/mol. The zero-order valence-corrected chi connectivity index (χ0v) is 7.48. The fraction of sp³-hybridized carbons (Fsp3) is 0.625. The highest BCUT2D eigenvalue weighted by Gasteiger charge is 2.09. The molecule has 1 aromatic heterocycles. The van der Waals surface area contributed by atoms with E-state index in [2.05, 4.69) is 25.8 Å². The van der Waals surface area contributed by atoms with Crippen molar-refractivity contribution < 1.29 is 0 Å². The number of anilines is 1. The first-order chi connectivity index (χ1) is 6.45. The monoisotopic (exact) mass is 179 g/mol. The molecule has 2 heterocycles. The summed E-state index contributed by atoms with van der Waals surface area (Å²) in [6, 6.07) is 1.82. The molecule has 0 bridgehead atoms. The fourth-order valence-corrected chi connectivity index (χ4v) is 1.47. The summed E-state index contributed by atoms with van der Waals surface area (Å²) in [5.41, 5.74) is 3.20. The van der Waals surface area contributed by atoms with Gasteiger partial charge in [0.2, 0.25) is 0 Å². The van der Waals surface area contributed by atoms with Crippen molar-refractivity contribution in [2.45, 2.75) is 19.3 Å². The predicted molar refractivity (Wildman–Crippen MR) is 48.9 cm³/mol. The number of nitrogens with zero attached hydrogens (tertiary/aromatic N) is 4. The Morgan fingerprint density at radius 3 is 2.77 bits per heavy atom. The van der Waals surface area contributed by atoms with E-state index in [4.69, 9.17) is 0 Å². The topological polar surface area (TPSA) is 53.9 Å². The number of hydrogen-bond acceptors (Lipinski definition) is 5. The molecule has 0 atom stereocenters. The molecular weight excluding hydrogens is 166 g/mol. The number of aromatic nitrogens is 3. The van der Waals surface area contributed by atoms with Gasteiger partial charge in [-0.2, -0.15) is 0 Å². The second-order valence-corrected chi connectivity index (χ2v) is 3.17. The van der Waals surface area contributed by atoms with Crippen LogP contribution in [0.5, 0.6) is 0 Å². The van der Waals surface area contributed by atoms with Crippen LogP contribution in [-0.2, 0) is 0 Å². The molecule has 5 heteroatoms. The molecule has 13 heavy (non-hydrogen) atoms. The maximum Gasteiger partial charge on any atom is 0.166 e. The summed E-state index contributed by atoms with van der Waals surface area (Å²) < 4.78 is 0. The number of rotatable bonds is 2. The maximum absolute atomic E-state index is 3.86. The zero-order chi connectivity index (χ0) is 8.93. The smallest absolute Gasteiger partial charge is 0.166 e. The summed E-state index contributed by atoms with van der Waals surface area (Å²) in [6.07, 6.45) is 5.48. The molecule has 0 radical (unpaired) electrons. The number of nitrogens with one attached hydrogen (secondary N) is 1. The van der Waals surface area contributed by atoms with Crippen LogP contribution in [-0.4, -0.2) is 33.5 Å². The van der Waals surface area contributed by atoms with Gasteiger partial charge in [0.1, 0.15) is 0 Å². The van der Waals surface area contributed by atoms with Gasteiger partial charge in [-0.1, -0.05) is 6.42 Å². The van der Waals surface area contributed by atoms with Crippen LogP contribution >= 0.6 is 0 Å². The number of hydrazine groups is 1. The summed E-state index contributed by atoms with van der Waals surface area (Å²) in [4.78, 5) is 0. The van der Waals surface area contributed by atoms with Crippen LogP contribution in [0, 0.1) is 0 Å². The van der Waals surface area contributed by atoms with Gasteiger partial charge in [-0.3, -0.25) is 0 Å². The van der Waals surface area contributed by atoms with Crippen molar-refractivity contribution >= 4 is 5.82 Å². The molecule has 1 aliphatic heterocycles. The van der Waals surface area contributed by atoms with Crippen LogP contribution in [0.25, 0.3) is 0 Å². The van der Waals surface area contributed by atoms with E-state index in [0.29, 0.717) is 0 Å². The summed E-state index contributed by atoms with van der Waals surface area (Å²) >= 11 is 0. The molecule has 0 aromatic carbocycles. The van der Waals surface area contributed by atoms with E-state index in [-0.39, 0.29) is 0 Å². The molecular formula is C8H13N5. The molecule has 1 fully saturated rings. The van der Waals surface area contributed by atoms with E-state index in [9.17, 15) is 0 Å². The van der Waals surface area contributed by atoms with E-state index < -0.39 is 0 Å². The van der Waals surface area contributed by atoms with Gasteiger partial charge < -0.3 is 5.43 Å². The fourth-order valence-electron chi connectivity index (χ4n) is 1.47. The first kappa shape index (κ1) is 8.37. The summed E-state index contributed by atoms with van der Waals surface area (Å²) in [6.45, 7) is 2.17. The van der Waals surface area contributed by atoms with Crippen LogP contribution in [0.4, 0.5) is 5.82 Å². The van der Waals surface area contributed by atoms with Gasteiger partial charge in [0.15, 0.2) is 5.82 Å². The standard InChI is InChI=1S/C8H13N5/c1-2-6-13(7-3-1)11-8-4-5-9-12-10-8/h4-5H,1-3,6-7H2,(H,9,10,11). The highest BCUT2D eigenvalue weighted by molar-refractivity contribution is 5.28. The Labute approximate surface area is 77.1 Å². The van der Waals surface area contributed by atoms with Crippen LogP contribution in [0.1, 0.15) is 19.3 Å². The lowest BCUT2D eigenvalue weighted by atomic mass is 10.2. The minimum Gasteiger partial charge on any atom is -0.302 e. The number of piperidine rings is 1. The minimum atomic E-state index is 0.775. The molecule has 1 aliphatic rings. The van der Waals surface area contributed by atoms with Crippen molar-refractivity contribution in [2.24, 2.45) is 0 Å². The molecule has 1 aromatic rings. The van der Waals surface area contributed by atoms with Crippen LogP contribution < -0.4 is 5.43 Å².